The number of cyclic esters (lactones) is 1. The first-order valence-electron chi connectivity index (χ1n) is 13.2. The molecule has 1 unspecified atom stereocenters. The average molecular weight is 487 g/mol. The number of hydrogen-bond acceptors (Lipinski definition) is 6. The molecule has 2 saturated heterocycles. The van der Waals surface area contributed by atoms with E-state index in [0.29, 0.717) is 6.54 Å². The molecule has 3 fully saturated rings. The number of aliphatic hydroxyl groups is 1. The summed E-state index contributed by atoms with van der Waals surface area (Å²) in [7, 11) is 0. The molecule has 5 aliphatic rings. The van der Waals surface area contributed by atoms with Crippen molar-refractivity contribution in [1.29, 1.82) is 0 Å². The van der Waals surface area contributed by atoms with Gasteiger partial charge in [-0.1, -0.05) is 57.8 Å². The van der Waals surface area contributed by atoms with Crippen LogP contribution in [-0.4, -0.2) is 81.8 Å². The number of hydrogen-bond donors (Lipinski definition) is 1. The molecule has 2 amide bonds. The summed E-state index contributed by atoms with van der Waals surface area (Å²) in [5.74, 6) is -2.72. The molecule has 35 heavy (non-hydrogen) atoms. The summed E-state index contributed by atoms with van der Waals surface area (Å²) in [4.78, 5) is 45.4. The molecule has 192 valence electrons. The van der Waals surface area contributed by atoms with E-state index in [9.17, 15) is 19.5 Å². The van der Waals surface area contributed by atoms with Gasteiger partial charge in [0.05, 0.1) is 24.2 Å². The fraction of sp³-hybridized carbons (Fsp3) is 0.741. The predicted octanol–water partition coefficient (Wildman–Crippen LogP) is 2.21. The van der Waals surface area contributed by atoms with Crippen molar-refractivity contribution in [2.24, 2.45) is 17.8 Å². The Labute approximate surface area is 207 Å². The minimum Gasteiger partial charge on any atom is -0.461 e. The smallest absolute Gasteiger partial charge is 0.313 e. The Morgan fingerprint density at radius 3 is 2.51 bits per heavy atom. The van der Waals surface area contributed by atoms with Gasteiger partial charge in [-0.3, -0.25) is 14.4 Å². The van der Waals surface area contributed by atoms with Gasteiger partial charge in [-0.05, 0) is 31.8 Å². The largest absolute Gasteiger partial charge is 0.461 e. The lowest BCUT2D eigenvalue weighted by molar-refractivity contribution is -0.161. The maximum atomic E-state index is 14.4. The summed E-state index contributed by atoms with van der Waals surface area (Å²) in [5.41, 5.74) is -2.35. The first-order chi connectivity index (χ1) is 16.8. The van der Waals surface area contributed by atoms with Crippen LogP contribution in [-0.2, 0) is 23.9 Å². The maximum Gasteiger partial charge on any atom is 0.313 e. The van der Waals surface area contributed by atoms with E-state index >= 15 is 0 Å². The highest BCUT2D eigenvalue weighted by Crippen LogP contribution is 2.58. The third-order valence-corrected chi connectivity index (χ3v) is 9.14. The molecule has 1 aliphatic carbocycles. The van der Waals surface area contributed by atoms with E-state index in [4.69, 9.17) is 9.47 Å². The highest BCUT2D eigenvalue weighted by Gasteiger charge is 2.75. The average Bonchev–Trinajstić information content (AvgIpc) is 3.11. The van der Waals surface area contributed by atoms with E-state index in [1.54, 1.807) is 11.0 Å². The van der Waals surface area contributed by atoms with Crippen molar-refractivity contribution in [1.82, 2.24) is 9.80 Å². The van der Waals surface area contributed by atoms with Gasteiger partial charge in [0.15, 0.2) is 0 Å². The number of ether oxygens (including phenoxy) is 2. The summed E-state index contributed by atoms with van der Waals surface area (Å²) >= 11 is 0. The van der Waals surface area contributed by atoms with E-state index in [1.807, 2.05) is 43.9 Å². The van der Waals surface area contributed by atoms with Crippen LogP contribution in [0.25, 0.3) is 0 Å². The Hall–Kier alpha value is -2.19. The minimum atomic E-state index is -1.29. The van der Waals surface area contributed by atoms with Crippen molar-refractivity contribution in [2.75, 3.05) is 19.8 Å². The molecule has 1 spiro atoms. The molecule has 0 aromatic rings. The summed E-state index contributed by atoms with van der Waals surface area (Å²) in [5, 5.41) is 10.4. The molecule has 1 N–H and O–H groups in total. The Morgan fingerprint density at radius 2 is 1.83 bits per heavy atom. The van der Waals surface area contributed by atoms with E-state index in [-0.39, 0.29) is 37.0 Å². The highest BCUT2D eigenvalue weighted by molar-refractivity contribution is 5.99. The number of nitrogens with zero attached hydrogens (tertiary/aromatic N) is 2. The zero-order valence-corrected chi connectivity index (χ0v) is 21.0. The molecule has 0 radical (unpaired) electrons. The van der Waals surface area contributed by atoms with Gasteiger partial charge in [0.2, 0.25) is 11.8 Å². The lowest BCUT2D eigenvalue weighted by Crippen LogP contribution is -2.61. The van der Waals surface area contributed by atoms with Gasteiger partial charge in [-0.25, -0.2) is 0 Å². The van der Waals surface area contributed by atoms with Crippen LogP contribution in [0.5, 0.6) is 0 Å². The van der Waals surface area contributed by atoms with Gasteiger partial charge >= 0.3 is 5.97 Å². The Kier molecular flexibility index (Phi) is 6.33. The second-order valence-electron chi connectivity index (χ2n) is 11.1. The fourth-order valence-corrected chi connectivity index (χ4v) is 7.20. The van der Waals surface area contributed by atoms with Crippen molar-refractivity contribution in [2.45, 2.75) is 88.6 Å². The number of likely N-dealkylation sites (tertiary alicyclic amines) is 1. The van der Waals surface area contributed by atoms with Crippen LogP contribution in [0.3, 0.4) is 0 Å². The van der Waals surface area contributed by atoms with Crippen LogP contribution < -0.4 is 0 Å². The van der Waals surface area contributed by atoms with Crippen LogP contribution in [0.4, 0.5) is 0 Å². The summed E-state index contributed by atoms with van der Waals surface area (Å²) in [6.45, 7) is 6.13. The van der Waals surface area contributed by atoms with Gasteiger partial charge in [0.25, 0.3) is 0 Å². The first kappa shape index (κ1) is 24.5. The number of fused-ring (bicyclic) bond motifs is 2. The number of rotatable bonds is 5. The van der Waals surface area contributed by atoms with Crippen molar-refractivity contribution < 1.29 is 29.0 Å². The molecule has 8 heteroatoms. The number of carbonyl (C=O) groups is 3. The maximum absolute atomic E-state index is 14.4. The van der Waals surface area contributed by atoms with Crippen molar-refractivity contribution >= 4 is 17.8 Å². The molecule has 8 nitrogen and oxygen atoms in total. The molecule has 0 aromatic carbocycles. The van der Waals surface area contributed by atoms with E-state index in [1.165, 1.54) is 6.42 Å². The van der Waals surface area contributed by atoms with Crippen LogP contribution >= 0.6 is 0 Å². The standard InChI is InChI=1S/C27H38N2O6/c1-4-17(2)19(16-30)29-22-24(32)28(18-10-6-5-7-11-18)14-8-13-27(22)20(23(29)31)21-25(33)34-15-9-12-26(21,3)35-27/h8-9,12-13,17-22,30H,4-7,10-11,14-16H2,1-3H3/t17-,19-,20-,21+,22?,26-,27-/m0/s1. The zero-order valence-electron chi connectivity index (χ0n) is 21.0. The summed E-state index contributed by atoms with van der Waals surface area (Å²) in [6, 6.07) is -1.36. The third-order valence-electron chi connectivity index (χ3n) is 9.14. The van der Waals surface area contributed by atoms with E-state index in [0.717, 1.165) is 32.1 Å². The first-order valence-corrected chi connectivity index (χ1v) is 13.2. The van der Waals surface area contributed by atoms with Crippen LogP contribution in [0.1, 0.15) is 59.3 Å². The van der Waals surface area contributed by atoms with Gasteiger partial charge in [0, 0.05) is 12.6 Å². The second kappa shape index (κ2) is 9.04. The van der Waals surface area contributed by atoms with E-state index < -0.39 is 41.1 Å². The predicted molar refractivity (Wildman–Crippen MR) is 128 cm³/mol. The quantitative estimate of drug-likeness (QED) is 0.473. The number of carbonyl (C=O) groups excluding carboxylic acids is 3. The normalized spacial score (nSPS) is 39.0. The second-order valence-corrected chi connectivity index (χ2v) is 11.1. The van der Waals surface area contributed by atoms with Gasteiger partial charge in [-0.2, -0.15) is 0 Å². The molecule has 7 atom stereocenters. The Bertz CT molecular complexity index is 942. The lowest BCUT2D eigenvalue weighted by atomic mass is 9.74. The molecule has 5 rings (SSSR count). The van der Waals surface area contributed by atoms with Crippen LogP contribution in [0.15, 0.2) is 24.3 Å². The monoisotopic (exact) mass is 486 g/mol. The van der Waals surface area contributed by atoms with Crippen molar-refractivity contribution in [3.8, 4) is 0 Å². The minimum absolute atomic E-state index is 0.0321. The highest BCUT2D eigenvalue weighted by atomic mass is 16.6. The Balaban J connectivity index is 1.65. The molecule has 4 aliphatic heterocycles. The molecular formula is C27H38N2O6. The zero-order chi connectivity index (χ0) is 25.0. The molecule has 0 bridgehead atoms. The molecule has 4 heterocycles. The molecule has 0 aromatic heterocycles. The van der Waals surface area contributed by atoms with E-state index in [2.05, 4.69) is 0 Å². The topological polar surface area (TPSA) is 96.4 Å². The van der Waals surface area contributed by atoms with Gasteiger partial charge in [-0.15, -0.1) is 0 Å². The Morgan fingerprint density at radius 1 is 1.09 bits per heavy atom. The van der Waals surface area contributed by atoms with Crippen molar-refractivity contribution in [3.05, 3.63) is 24.3 Å². The van der Waals surface area contributed by atoms with Crippen molar-refractivity contribution in [3.63, 3.8) is 0 Å². The number of amides is 2. The molecular weight excluding hydrogens is 448 g/mol. The SMILES string of the molecule is CC[C@H](C)[C@H](CO)N1C(=O)[C@@H]2[C@@H]3C(=O)OCC=C[C@]3(C)O[C@@]23C=CCN(C2CCCCC2)C(=O)C13. The van der Waals surface area contributed by atoms with Gasteiger partial charge < -0.3 is 24.4 Å². The fourth-order valence-electron chi connectivity index (χ4n) is 7.20. The number of esters is 1. The van der Waals surface area contributed by atoms with Crippen LogP contribution in [0, 0.1) is 17.8 Å². The lowest BCUT2D eigenvalue weighted by Gasteiger charge is -2.43. The van der Waals surface area contributed by atoms with Gasteiger partial charge in [0.1, 0.15) is 24.2 Å². The number of aliphatic hydroxyl groups excluding tert-OH is 1. The molecule has 1 saturated carbocycles. The summed E-state index contributed by atoms with van der Waals surface area (Å²) < 4.78 is 12.2. The van der Waals surface area contributed by atoms with Crippen LogP contribution in [0.2, 0.25) is 0 Å². The third kappa shape index (κ3) is 3.58. The summed E-state index contributed by atoms with van der Waals surface area (Å²) in [6.07, 6.45) is 13.3.